The van der Waals surface area contributed by atoms with E-state index in [0.29, 0.717) is 48.7 Å². The molecule has 0 radical (unpaired) electrons. The molecule has 1 aromatic carbocycles. The van der Waals surface area contributed by atoms with Gasteiger partial charge in [0.1, 0.15) is 6.33 Å². The van der Waals surface area contributed by atoms with Crippen molar-refractivity contribution in [1.29, 1.82) is 0 Å². The number of hydrogen-bond donors (Lipinski definition) is 1. The second-order valence-electron chi connectivity index (χ2n) is 7.09. The Labute approximate surface area is 155 Å². The zero-order valence-corrected chi connectivity index (χ0v) is 14.8. The molecule has 1 saturated heterocycles. The summed E-state index contributed by atoms with van der Waals surface area (Å²) in [5.41, 5.74) is 2.78. The monoisotopic (exact) mass is 362 g/mol. The summed E-state index contributed by atoms with van der Waals surface area (Å²) in [4.78, 5) is 39.2. The molecule has 8 heteroatoms. The largest absolute Gasteiger partial charge is 0.355 e. The molecule has 4 heterocycles. The van der Waals surface area contributed by atoms with Crippen LogP contribution in [0.15, 0.2) is 30.6 Å². The van der Waals surface area contributed by atoms with Crippen LogP contribution in [0.25, 0.3) is 11.2 Å². The minimum Gasteiger partial charge on any atom is -0.355 e. The minimum atomic E-state index is -0.475. The van der Waals surface area contributed by atoms with Gasteiger partial charge in [-0.1, -0.05) is 18.2 Å². The Balaban J connectivity index is 1.49. The molecule has 2 aliphatic heterocycles. The molecule has 0 atom stereocenters. The number of carbonyl (C=O) groups is 2. The van der Waals surface area contributed by atoms with Crippen molar-refractivity contribution in [2.24, 2.45) is 7.05 Å². The summed E-state index contributed by atoms with van der Waals surface area (Å²) in [5, 5.41) is 3.02. The van der Waals surface area contributed by atoms with Crippen molar-refractivity contribution < 1.29 is 9.59 Å². The Hall–Kier alpha value is -3.29. The van der Waals surface area contributed by atoms with Crippen LogP contribution in [-0.2, 0) is 17.3 Å². The average Bonchev–Trinajstić information content (AvgIpc) is 3.17. The van der Waals surface area contributed by atoms with E-state index >= 15 is 0 Å². The second-order valence-corrected chi connectivity index (χ2v) is 7.09. The van der Waals surface area contributed by atoms with Gasteiger partial charge in [-0.15, -0.1) is 0 Å². The van der Waals surface area contributed by atoms with Crippen LogP contribution < -0.4 is 10.2 Å². The van der Waals surface area contributed by atoms with E-state index in [9.17, 15) is 9.59 Å². The van der Waals surface area contributed by atoms with Gasteiger partial charge in [-0.25, -0.2) is 15.0 Å². The minimum absolute atomic E-state index is 0.0808. The predicted octanol–water partition coefficient (Wildman–Crippen LogP) is 1.67. The van der Waals surface area contributed by atoms with Crippen LogP contribution in [0, 0.1) is 0 Å². The number of hydrogen-bond acceptors (Lipinski definition) is 6. The molecular weight excluding hydrogens is 344 g/mol. The first kappa shape index (κ1) is 15.9. The SMILES string of the molecule is Cn1c(C=O)nc2c(N3CCC4(CC3)C(=O)Nc3ccccc34)ncnc21. The molecule has 2 aromatic heterocycles. The van der Waals surface area contributed by atoms with Crippen molar-refractivity contribution in [1.82, 2.24) is 19.5 Å². The number of nitrogens with one attached hydrogen (secondary N) is 1. The van der Waals surface area contributed by atoms with Crippen LogP contribution in [0.3, 0.4) is 0 Å². The zero-order chi connectivity index (χ0) is 18.6. The fourth-order valence-electron chi connectivity index (χ4n) is 4.31. The molecule has 27 heavy (non-hydrogen) atoms. The highest BCUT2D eigenvalue weighted by Gasteiger charge is 2.48. The summed E-state index contributed by atoms with van der Waals surface area (Å²) in [5.74, 6) is 1.12. The van der Waals surface area contributed by atoms with Gasteiger partial charge in [0, 0.05) is 25.8 Å². The summed E-state index contributed by atoms with van der Waals surface area (Å²) in [7, 11) is 1.76. The van der Waals surface area contributed by atoms with Crippen LogP contribution in [0.2, 0.25) is 0 Å². The second kappa shape index (κ2) is 5.60. The first-order valence-electron chi connectivity index (χ1n) is 8.92. The first-order chi connectivity index (χ1) is 13.1. The summed E-state index contributed by atoms with van der Waals surface area (Å²) in [6.07, 6.45) is 3.62. The molecular formula is C19H18N6O2. The molecule has 1 spiro atoms. The number of fused-ring (bicyclic) bond motifs is 3. The van der Waals surface area contributed by atoms with E-state index in [0.717, 1.165) is 17.5 Å². The number of anilines is 2. The molecule has 1 N–H and O–H groups in total. The highest BCUT2D eigenvalue weighted by atomic mass is 16.2. The molecule has 0 saturated carbocycles. The van der Waals surface area contributed by atoms with Gasteiger partial charge in [0.15, 0.2) is 29.1 Å². The molecule has 8 nitrogen and oxygen atoms in total. The Morgan fingerprint density at radius 1 is 1.19 bits per heavy atom. The van der Waals surface area contributed by atoms with Crippen LogP contribution in [0.5, 0.6) is 0 Å². The number of amides is 1. The van der Waals surface area contributed by atoms with Gasteiger partial charge in [-0.3, -0.25) is 9.59 Å². The van der Waals surface area contributed by atoms with Gasteiger partial charge in [0.25, 0.3) is 0 Å². The molecule has 136 valence electrons. The van der Waals surface area contributed by atoms with E-state index in [-0.39, 0.29) is 5.91 Å². The Bertz CT molecular complexity index is 1080. The lowest BCUT2D eigenvalue weighted by atomic mass is 9.73. The maximum atomic E-state index is 12.7. The third kappa shape index (κ3) is 2.12. The number of aldehydes is 1. The van der Waals surface area contributed by atoms with Crippen molar-refractivity contribution in [3.05, 3.63) is 42.0 Å². The van der Waals surface area contributed by atoms with Gasteiger partial charge >= 0.3 is 0 Å². The molecule has 1 amide bonds. The highest BCUT2D eigenvalue weighted by Crippen LogP contribution is 2.45. The quantitative estimate of drug-likeness (QED) is 0.697. The molecule has 0 aliphatic carbocycles. The number of nitrogens with zero attached hydrogens (tertiary/aromatic N) is 5. The number of piperidine rings is 1. The maximum absolute atomic E-state index is 12.7. The number of para-hydroxylation sites is 1. The van der Waals surface area contributed by atoms with Gasteiger partial charge < -0.3 is 14.8 Å². The summed E-state index contributed by atoms with van der Waals surface area (Å²) in [6.45, 7) is 1.36. The lowest BCUT2D eigenvalue weighted by Gasteiger charge is -2.38. The third-order valence-corrected chi connectivity index (χ3v) is 5.82. The molecule has 0 bridgehead atoms. The molecule has 0 unspecified atom stereocenters. The summed E-state index contributed by atoms with van der Waals surface area (Å²) in [6, 6.07) is 7.92. The smallest absolute Gasteiger partial charge is 0.235 e. The van der Waals surface area contributed by atoms with E-state index in [1.165, 1.54) is 6.33 Å². The lowest BCUT2D eigenvalue weighted by Crippen LogP contribution is -2.46. The molecule has 5 rings (SSSR count). The topological polar surface area (TPSA) is 93.0 Å². The van der Waals surface area contributed by atoms with Crippen LogP contribution in [-0.4, -0.2) is 44.8 Å². The van der Waals surface area contributed by atoms with Gasteiger partial charge in [-0.05, 0) is 24.5 Å². The number of aryl methyl sites for hydroxylation is 1. The fraction of sp³-hybridized carbons (Fsp3) is 0.316. The highest BCUT2D eigenvalue weighted by molar-refractivity contribution is 6.06. The summed E-state index contributed by atoms with van der Waals surface area (Å²) >= 11 is 0. The van der Waals surface area contributed by atoms with Crippen LogP contribution in [0.4, 0.5) is 11.5 Å². The van der Waals surface area contributed by atoms with Crippen molar-refractivity contribution in [2.45, 2.75) is 18.3 Å². The number of rotatable bonds is 2. The van der Waals surface area contributed by atoms with E-state index < -0.39 is 5.41 Å². The number of imidazole rings is 1. The predicted molar refractivity (Wildman–Crippen MR) is 99.9 cm³/mol. The van der Waals surface area contributed by atoms with Gasteiger partial charge in [-0.2, -0.15) is 0 Å². The maximum Gasteiger partial charge on any atom is 0.235 e. The van der Waals surface area contributed by atoms with Crippen molar-refractivity contribution >= 4 is 34.9 Å². The van der Waals surface area contributed by atoms with Crippen LogP contribution in [0.1, 0.15) is 29.0 Å². The number of benzene rings is 1. The lowest BCUT2D eigenvalue weighted by molar-refractivity contribution is -0.121. The standard InChI is InChI=1S/C19H18N6O2/c1-24-14(10-26)23-15-16(24)20-11-21-17(15)25-8-6-19(7-9-25)12-4-2-3-5-13(12)22-18(19)27/h2-5,10-11H,6-9H2,1H3,(H,22,27). The van der Waals surface area contributed by atoms with Gasteiger partial charge in [0.2, 0.25) is 5.91 Å². The van der Waals surface area contributed by atoms with Gasteiger partial charge in [0.05, 0.1) is 5.41 Å². The molecule has 1 fully saturated rings. The first-order valence-corrected chi connectivity index (χ1v) is 8.92. The Morgan fingerprint density at radius 3 is 2.74 bits per heavy atom. The Morgan fingerprint density at radius 2 is 1.96 bits per heavy atom. The molecule has 3 aromatic rings. The Kier molecular flexibility index (Phi) is 3.30. The van der Waals surface area contributed by atoms with Crippen molar-refractivity contribution in [3.63, 3.8) is 0 Å². The van der Waals surface area contributed by atoms with E-state index in [1.807, 2.05) is 24.3 Å². The third-order valence-electron chi connectivity index (χ3n) is 5.82. The van der Waals surface area contributed by atoms with Crippen LogP contribution >= 0.6 is 0 Å². The number of aromatic nitrogens is 4. The number of carbonyl (C=O) groups excluding carboxylic acids is 2. The molecule has 2 aliphatic rings. The van der Waals surface area contributed by atoms with E-state index in [2.05, 4.69) is 25.2 Å². The summed E-state index contributed by atoms with van der Waals surface area (Å²) < 4.78 is 1.67. The van der Waals surface area contributed by atoms with Crippen molar-refractivity contribution in [3.8, 4) is 0 Å². The fourth-order valence-corrected chi connectivity index (χ4v) is 4.31. The average molecular weight is 362 g/mol. The van der Waals surface area contributed by atoms with E-state index in [1.54, 1.807) is 11.6 Å². The normalized spacial score (nSPS) is 18.0. The van der Waals surface area contributed by atoms with E-state index in [4.69, 9.17) is 0 Å². The van der Waals surface area contributed by atoms with Crippen molar-refractivity contribution in [2.75, 3.05) is 23.3 Å². The zero-order valence-electron chi connectivity index (χ0n) is 14.8.